The summed E-state index contributed by atoms with van der Waals surface area (Å²) in [6.45, 7) is 5.94. The average molecular weight is 329 g/mol. The first kappa shape index (κ1) is 15.8. The van der Waals surface area contributed by atoms with Crippen LogP contribution in [0.5, 0.6) is 0 Å². The Morgan fingerprint density at radius 3 is 2.95 bits per heavy atom. The second-order valence-corrected chi connectivity index (χ2v) is 4.81. The van der Waals surface area contributed by atoms with Gasteiger partial charge in [-0.25, -0.2) is 0 Å². The van der Waals surface area contributed by atoms with E-state index in [0.29, 0.717) is 31.9 Å². The lowest BCUT2D eigenvalue weighted by Crippen LogP contribution is -2.20. The van der Waals surface area contributed by atoms with E-state index in [2.05, 4.69) is 27.8 Å². The lowest BCUT2D eigenvalue weighted by Gasteiger charge is -2.06. The molecule has 0 heterocycles. The second-order valence-electron chi connectivity index (χ2n) is 3.90. The molecule has 0 atom stereocenters. The van der Waals surface area contributed by atoms with Crippen molar-refractivity contribution in [3.8, 4) is 0 Å². The van der Waals surface area contributed by atoms with Crippen LogP contribution >= 0.6 is 15.9 Å². The molecule has 0 saturated heterocycles. The number of rotatable bonds is 9. The van der Waals surface area contributed by atoms with E-state index in [1.807, 2.05) is 0 Å². The quantitative estimate of drug-likeness (QED) is 0.327. The number of halogens is 1. The molecule has 0 radical (unpaired) electrons. The summed E-state index contributed by atoms with van der Waals surface area (Å²) in [5, 5.41) is 14.0. The Hall–Kier alpha value is -1.24. The zero-order chi connectivity index (χ0) is 14.1. The molecule has 0 saturated carbocycles. The summed E-state index contributed by atoms with van der Waals surface area (Å²) < 4.78 is 6.17. The Bertz CT molecular complexity index is 438. The number of nitrogens with one attached hydrogen (secondary N) is 1. The summed E-state index contributed by atoms with van der Waals surface area (Å²) in [5.74, 6) is 0. The predicted molar refractivity (Wildman–Crippen MR) is 78.1 cm³/mol. The minimum absolute atomic E-state index is 0.128. The highest BCUT2D eigenvalue weighted by molar-refractivity contribution is 9.10. The maximum atomic E-state index is 10.9. The van der Waals surface area contributed by atoms with Gasteiger partial charge in [0.1, 0.15) is 0 Å². The van der Waals surface area contributed by atoms with Crippen molar-refractivity contribution in [2.45, 2.75) is 13.0 Å². The molecule has 1 aromatic rings. The van der Waals surface area contributed by atoms with Crippen LogP contribution in [0.2, 0.25) is 0 Å². The topological polar surface area (TPSA) is 64.4 Å². The van der Waals surface area contributed by atoms with E-state index in [0.717, 1.165) is 10.9 Å². The van der Waals surface area contributed by atoms with E-state index in [1.54, 1.807) is 18.2 Å². The van der Waals surface area contributed by atoms with E-state index in [4.69, 9.17) is 4.74 Å². The van der Waals surface area contributed by atoms with Gasteiger partial charge in [0.2, 0.25) is 0 Å². The predicted octanol–water partition coefficient (Wildman–Crippen LogP) is 3.04. The molecule has 1 rings (SSSR count). The normalized spacial score (nSPS) is 10.4. The van der Waals surface area contributed by atoms with Crippen molar-refractivity contribution in [1.82, 2.24) is 5.32 Å². The van der Waals surface area contributed by atoms with Crippen molar-refractivity contribution >= 4 is 21.6 Å². The molecule has 0 spiro atoms. The highest BCUT2D eigenvalue weighted by Crippen LogP contribution is 2.22. The van der Waals surface area contributed by atoms with Gasteiger partial charge in [0.25, 0.3) is 5.69 Å². The van der Waals surface area contributed by atoms with Crippen LogP contribution in [0.15, 0.2) is 35.3 Å². The SMILES string of the molecule is C=CCCOCCNCc1cc(Br)ccc1[N+](=O)[O-]. The number of nitro groups is 1. The number of ether oxygens (including phenoxy) is 1. The van der Waals surface area contributed by atoms with Gasteiger partial charge < -0.3 is 10.1 Å². The number of hydrogen-bond donors (Lipinski definition) is 1. The van der Waals surface area contributed by atoms with Crippen molar-refractivity contribution in [1.29, 1.82) is 0 Å². The average Bonchev–Trinajstić information content (AvgIpc) is 2.37. The van der Waals surface area contributed by atoms with Crippen molar-refractivity contribution in [3.63, 3.8) is 0 Å². The molecule has 5 nitrogen and oxygen atoms in total. The molecule has 0 unspecified atom stereocenters. The number of benzene rings is 1. The van der Waals surface area contributed by atoms with Crippen molar-refractivity contribution in [2.75, 3.05) is 19.8 Å². The Kier molecular flexibility index (Phi) is 7.32. The Labute approximate surface area is 120 Å². The van der Waals surface area contributed by atoms with Gasteiger partial charge in [-0.3, -0.25) is 10.1 Å². The van der Waals surface area contributed by atoms with E-state index in [1.165, 1.54) is 6.07 Å². The molecule has 0 fully saturated rings. The van der Waals surface area contributed by atoms with Crippen LogP contribution in [0.1, 0.15) is 12.0 Å². The van der Waals surface area contributed by atoms with Gasteiger partial charge in [-0.1, -0.05) is 22.0 Å². The zero-order valence-corrected chi connectivity index (χ0v) is 12.2. The van der Waals surface area contributed by atoms with E-state index in [9.17, 15) is 10.1 Å². The first-order valence-corrected chi connectivity index (χ1v) is 6.76. The first-order valence-electron chi connectivity index (χ1n) is 5.97. The maximum absolute atomic E-state index is 10.9. The van der Waals surface area contributed by atoms with E-state index >= 15 is 0 Å². The molecular weight excluding hydrogens is 312 g/mol. The van der Waals surface area contributed by atoms with Crippen LogP contribution in [0.25, 0.3) is 0 Å². The number of nitro benzene ring substituents is 1. The minimum Gasteiger partial charge on any atom is -0.380 e. The molecule has 1 N–H and O–H groups in total. The molecule has 0 aliphatic heterocycles. The molecular formula is C13H17BrN2O3. The van der Waals surface area contributed by atoms with E-state index in [-0.39, 0.29) is 10.6 Å². The van der Waals surface area contributed by atoms with E-state index < -0.39 is 0 Å². The van der Waals surface area contributed by atoms with Gasteiger partial charge in [0.15, 0.2) is 0 Å². The highest BCUT2D eigenvalue weighted by Gasteiger charge is 2.12. The lowest BCUT2D eigenvalue weighted by molar-refractivity contribution is -0.385. The molecule has 0 aromatic heterocycles. The van der Waals surface area contributed by atoms with Gasteiger partial charge in [-0.05, 0) is 18.6 Å². The largest absolute Gasteiger partial charge is 0.380 e. The fourth-order valence-electron chi connectivity index (χ4n) is 1.51. The van der Waals surface area contributed by atoms with Crippen LogP contribution in [0.3, 0.4) is 0 Å². The molecule has 6 heteroatoms. The maximum Gasteiger partial charge on any atom is 0.273 e. The van der Waals surface area contributed by atoms with Gasteiger partial charge in [0, 0.05) is 29.2 Å². The van der Waals surface area contributed by atoms with Crippen molar-refractivity contribution in [3.05, 3.63) is 51.0 Å². The Morgan fingerprint density at radius 2 is 2.26 bits per heavy atom. The van der Waals surface area contributed by atoms with Crippen LogP contribution in [0, 0.1) is 10.1 Å². The molecule has 0 bridgehead atoms. The third kappa shape index (κ3) is 5.96. The summed E-state index contributed by atoms with van der Waals surface area (Å²) in [6.07, 6.45) is 2.63. The molecule has 19 heavy (non-hydrogen) atoms. The summed E-state index contributed by atoms with van der Waals surface area (Å²) in [4.78, 5) is 10.5. The standard InChI is InChI=1S/C13H17BrN2O3/c1-2-3-7-19-8-6-15-10-11-9-12(14)4-5-13(11)16(17)18/h2,4-5,9,15H,1,3,6-8,10H2. The molecule has 1 aromatic carbocycles. The van der Waals surface area contributed by atoms with Gasteiger partial charge in [-0.15, -0.1) is 6.58 Å². The smallest absolute Gasteiger partial charge is 0.273 e. The van der Waals surface area contributed by atoms with Gasteiger partial charge in [0.05, 0.1) is 18.1 Å². The fourth-order valence-corrected chi connectivity index (χ4v) is 1.92. The van der Waals surface area contributed by atoms with Crippen LogP contribution in [0.4, 0.5) is 5.69 Å². The fraction of sp³-hybridized carbons (Fsp3) is 0.385. The first-order chi connectivity index (χ1) is 9.15. The monoisotopic (exact) mass is 328 g/mol. The number of nitrogens with zero attached hydrogens (tertiary/aromatic N) is 1. The zero-order valence-electron chi connectivity index (χ0n) is 10.6. The molecule has 0 amide bonds. The minimum atomic E-state index is -0.371. The summed E-state index contributed by atoms with van der Waals surface area (Å²) >= 11 is 3.31. The lowest BCUT2D eigenvalue weighted by atomic mass is 10.2. The van der Waals surface area contributed by atoms with Crippen LogP contribution in [-0.4, -0.2) is 24.7 Å². The van der Waals surface area contributed by atoms with Crippen LogP contribution in [-0.2, 0) is 11.3 Å². The summed E-state index contributed by atoms with van der Waals surface area (Å²) in [7, 11) is 0. The van der Waals surface area contributed by atoms with Gasteiger partial charge in [-0.2, -0.15) is 0 Å². The second kappa shape index (κ2) is 8.79. The Balaban J connectivity index is 2.38. The van der Waals surface area contributed by atoms with Gasteiger partial charge >= 0.3 is 0 Å². The molecule has 0 aliphatic rings. The summed E-state index contributed by atoms with van der Waals surface area (Å²) in [6, 6.07) is 4.92. The highest BCUT2D eigenvalue weighted by atomic mass is 79.9. The van der Waals surface area contributed by atoms with Crippen LogP contribution < -0.4 is 5.32 Å². The summed E-state index contributed by atoms with van der Waals surface area (Å²) in [5.41, 5.74) is 0.786. The van der Waals surface area contributed by atoms with Crippen molar-refractivity contribution in [2.24, 2.45) is 0 Å². The molecule has 104 valence electrons. The third-order valence-electron chi connectivity index (χ3n) is 2.44. The third-order valence-corrected chi connectivity index (χ3v) is 2.94. The van der Waals surface area contributed by atoms with Crippen molar-refractivity contribution < 1.29 is 9.66 Å². The molecule has 0 aliphatic carbocycles. The number of hydrogen-bond acceptors (Lipinski definition) is 4. The Morgan fingerprint density at radius 1 is 1.47 bits per heavy atom.